The fraction of sp³-hybridized carbons (Fsp3) is 0.769. The predicted octanol–water partition coefficient (Wildman–Crippen LogP) is 20.5. The molecule has 0 N–H and O–H groups in total. The van der Waals surface area contributed by atoms with Crippen LogP contribution in [0.1, 0.15) is 303 Å². The van der Waals surface area contributed by atoms with Crippen molar-refractivity contribution < 1.29 is 28.6 Å². The molecule has 0 amide bonds. The van der Waals surface area contributed by atoms with E-state index in [2.05, 4.69) is 93.7 Å². The lowest BCUT2D eigenvalue weighted by atomic mass is 10.0. The lowest BCUT2D eigenvalue weighted by Gasteiger charge is -2.18. The number of carbonyl (C=O) groups excluding carboxylic acids is 3. The van der Waals surface area contributed by atoms with E-state index in [1.54, 1.807) is 0 Å². The Bertz CT molecular complexity index is 1320. The van der Waals surface area contributed by atoms with Gasteiger partial charge >= 0.3 is 17.9 Å². The van der Waals surface area contributed by atoms with E-state index in [1.165, 1.54) is 154 Å². The van der Waals surface area contributed by atoms with Gasteiger partial charge in [-0.1, -0.05) is 267 Å². The highest BCUT2D eigenvalue weighted by Crippen LogP contribution is 2.16. The van der Waals surface area contributed by atoms with Gasteiger partial charge in [-0.15, -0.1) is 0 Å². The standard InChI is InChI=1S/C65H114O6/c1-4-7-10-13-16-19-22-25-27-29-30-31-32-33-34-35-36-37-39-40-43-46-49-52-55-58-64(67)70-61-62(60-69-63(66)57-54-51-48-45-42-24-21-18-15-12-9-6-3)71-65(68)59-56-53-50-47-44-41-38-28-26-23-20-17-14-11-8-5-2/h7,10,16,19-20,23,25,27-28,30-31,38,62H,4-6,8-9,11-15,17-18,21-22,24,26,29,32-37,39-61H2,1-3H3/b10-7-,19-16-,23-20-,27-25-,31-30-,38-28-. The number of carbonyl (C=O) groups is 3. The van der Waals surface area contributed by atoms with Gasteiger partial charge in [-0.05, 0) is 89.9 Å². The third-order valence-electron chi connectivity index (χ3n) is 13.2. The zero-order valence-electron chi connectivity index (χ0n) is 47.0. The highest BCUT2D eigenvalue weighted by molar-refractivity contribution is 5.71. The summed E-state index contributed by atoms with van der Waals surface area (Å²) in [5, 5.41) is 0. The van der Waals surface area contributed by atoms with Crippen molar-refractivity contribution in [2.75, 3.05) is 13.2 Å². The quantitative estimate of drug-likeness (QED) is 0.0261. The molecule has 0 aromatic rings. The van der Waals surface area contributed by atoms with Crippen LogP contribution >= 0.6 is 0 Å². The summed E-state index contributed by atoms with van der Waals surface area (Å²) in [6, 6.07) is 0. The van der Waals surface area contributed by atoms with Crippen LogP contribution in [0.3, 0.4) is 0 Å². The topological polar surface area (TPSA) is 78.9 Å². The van der Waals surface area contributed by atoms with Crippen molar-refractivity contribution in [1.29, 1.82) is 0 Å². The Labute approximate surface area is 440 Å². The molecule has 0 spiro atoms. The number of hydrogen-bond acceptors (Lipinski definition) is 6. The first kappa shape index (κ1) is 67.8. The van der Waals surface area contributed by atoms with Crippen LogP contribution in [0.2, 0.25) is 0 Å². The van der Waals surface area contributed by atoms with Gasteiger partial charge in [-0.3, -0.25) is 14.4 Å². The van der Waals surface area contributed by atoms with Crippen LogP contribution in [0, 0.1) is 0 Å². The molecule has 0 bridgehead atoms. The van der Waals surface area contributed by atoms with Gasteiger partial charge in [0.15, 0.2) is 6.10 Å². The van der Waals surface area contributed by atoms with Crippen LogP contribution in [0.4, 0.5) is 0 Å². The van der Waals surface area contributed by atoms with Gasteiger partial charge < -0.3 is 14.2 Å². The normalized spacial score (nSPS) is 12.5. The van der Waals surface area contributed by atoms with Crippen molar-refractivity contribution in [3.05, 3.63) is 72.9 Å². The lowest BCUT2D eigenvalue weighted by Crippen LogP contribution is -2.30. The molecule has 410 valence electrons. The van der Waals surface area contributed by atoms with Crippen LogP contribution in [-0.2, 0) is 28.6 Å². The van der Waals surface area contributed by atoms with E-state index in [-0.39, 0.29) is 31.1 Å². The summed E-state index contributed by atoms with van der Waals surface area (Å²) < 4.78 is 16.9. The number of rotatable bonds is 55. The molecule has 0 aliphatic carbocycles. The van der Waals surface area contributed by atoms with Crippen molar-refractivity contribution in [2.45, 2.75) is 309 Å². The molecular weight excluding hydrogens is 877 g/mol. The first-order chi connectivity index (χ1) is 35.0. The highest BCUT2D eigenvalue weighted by atomic mass is 16.6. The van der Waals surface area contributed by atoms with Crippen molar-refractivity contribution >= 4 is 17.9 Å². The zero-order valence-corrected chi connectivity index (χ0v) is 47.0. The van der Waals surface area contributed by atoms with E-state index in [0.717, 1.165) is 109 Å². The summed E-state index contributed by atoms with van der Waals surface area (Å²) in [4.78, 5) is 38.2. The minimum Gasteiger partial charge on any atom is -0.462 e. The summed E-state index contributed by atoms with van der Waals surface area (Å²) in [5.41, 5.74) is 0. The summed E-state index contributed by atoms with van der Waals surface area (Å²) in [5.74, 6) is -0.882. The van der Waals surface area contributed by atoms with Gasteiger partial charge in [0, 0.05) is 19.3 Å². The average Bonchev–Trinajstić information content (AvgIpc) is 3.37. The Hall–Kier alpha value is -3.15. The Kier molecular flexibility index (Phi) is 56.8. The van der Waals surface area contributed by atoms with Crippen LogP contribution < -0.4 is 0 Å². The summed E-state index contributed by atoms with van der Waals surface area (Å²) in [7, 11) is 0. The van der Waals surface area contributed by atoms with E-state index in [4.69, 9.17) is 14.2 Å². The molecule has 0 rings (SSSR count). The van der Waals surface area contributed by atoms with Gasteiger partial charge in [0.25, 0.3) is 0 Å². The molecule has 0 aliphatic heterocycles. The predicted molar refractivity (Wildman–Crippen MR) is 307 cm³/mol. The van der Waals surface area contributed by atoms with Crippen molar-refractivity contribution in [2.24, 2.45) is 0 Å². The molecular formula is C65H114O6. The molecule has 0 saturated carbocycles. The second-order valence-corrected chi connectivity index (χ2v) is 20.2. The third kappa shape index (κ3) is 57.6. The van der Waals surface area contributed by atoms with Crippen LogP contribution in [0.25, 0.3) is 0 Å². The number of ether oxygens (including phenoxy) is 3. The van der Waals surface area contributed by atoms with Crippen LogP contribution in [0.5, 0.6) is 0 Å². The molecule has 0 aromatic carbocycles. The first-order valence-corrected chi connectivity index (χ1v) is 30.4. The molecule has 6 nitrogen and oxygen atoms in total. The number of unbranched alkanes of at least 4 members (excludes halogenated alkanes) is 32. The smallest absolute Gasteiger partial charge is 0.306 e. The summed E-state index contributed by atoms with van der Waals surface area (Å²) in [6.45, 7) is 6.52. The zero-order chi connectivity index (χ0) is 51.4. The second-order valence-electron chi connectivity index (χ2n) is 20.2. The monoisotopic (exact) mass is 991 g/mol. The minimum atomic E-state index is -0.781. The fourth-order valence-electron chi connectivity index (χ4n) is 8.64. The molecule has 0 aliphatic rings. The summed E-state index contributed by atoms with van der Waals surface area (Å²) >= 11 is 0. The lowest BCUT2D eigenvalue weighted by molar-refractivity contribution is -0.167. The number of hydrogen-bond donors (Lipinski definition) is 0. The van der Waals surface area contributed by atoms with Crippen molar-refractivity contribution in [1.82, 2.24) is 0 Å². The molecule has 0 aromatic heterocycles. The molecule has 6 heteroatoms. The van der Waals surface area contributed by atoms with E-state index < -0.39 is 6.10 Å². The Morgan fingerprint density at radius 3 is 0.873 bits per heavy atom. The van der Waals surface area contributed by atoms with E-state index in [0.29, 0.717) is 19.3 Å². The minimum absolute atomic E-state index is 0.0783. The molecule has 1 atom stereocenters. The van der Waals surface area contributed by atoms with E-state index in [9.17, 15) is 14.4 Å². The molecule has 0 heterocycles. The van der Waals surface area contributed by atoms with Crippen molar-refractivity contribution in [3.8, 4) is 0 Å². The molecule has 71 heavy (non-hydrogen) atoms. The Morgan fingerprint density at radius 2 is 0.549 bits per heavy atom. The van der Waals surface area contributed by atoms with Gasteiger partial charge in [0.2, 0.25) is 0 Å². The largest absolute Gasteiger partial charge is 0.462 e. The van der Waals surface area contributed by atoms with Crippen molar-refractivity contribution in [3.63, 3.8) is 0 Å². The number of esters is 3. The molecule has 1 unspecified atom stereocenters. The van der Waals surface area contributed by atoms with E-state index in [1.807, 2.05) is 0 Å². The van der Waals surface area contributed by atoms with Crippen LogP contribution in [0.15, 0.2) is 72.9 Å². The Morgan fingerprint density at radius 1 is 0.296 bits per heavy atom. The summed E-state index contributed by atoms with van der Waals surface area (Å²) in [6.07, 6.45) is 76.1. The average molecular weight is 992 g/mol. The Balaban J connectivity index is 4.28. The van der Waals surface area contributed by atoms with Crippen LogP contribution in [-0.4, -0.2) is 37.2 Å². The molecule has 0 radical (unpaired) electrons. The van der Waals surface area contributed by atoms with Gasteiger partial charge in [0.05, 0.1) is 0 Å². The third-order valence-corrected chi connectivity index (χ3v) is 13.2. The second kappa shape index (κ2) is 59.4. The molecule has 0 saturated heterocycles. The SMILES string of the molecule is CC/C=C\C/C=C\C/C=C\C/C=C\CCCCCCCCCCCCCCC(=O)OCC(COC(=O)CCCCCCCCCCCCCC)OC(=O)CCCCCCC/C=C\C/C=C\CCCCCC. The maximum atomic E-state index is 12.9. The van der Waals surface area contributed by atoms with E-state index >= 15 is 0 Å². The maximum absolute atomic E-state index is 12.9. The van der Waals surface area contributed by atoms with Gasteiger partial charge in [0.1, 0.15) is 13.2 Å². The fourth-order valence-corrected chi connectivity index (χ4v) is 8.64. The highest BCUT2D eigenvalue weighted by Gasteiger charge is 2.19. The van der Waals surface area contributed by atoms with Gasteiger partial charge in [-0.2, -0.15) is 0 Å². The van der Waals surface area contributed by atoms with Gasteiger partial charge in [-0.25, -0.2) is 0 Å². The first-order valence-electron chi connectivity index (χ1n) is 30.4. The molecule has 0 fully saturated rings. The maximum Gasteiger partial charge on any atom is 0.306 e. The number of allylic oxidation sites excluding steroid dienone is 12.